The fourth-order valence-corrected chi connectivity index (χ4v) is 4.45. The molecular formula is C22H25N5O3S. The third-order valence-electron chi connectivity index (χ3n) is 5.55. The van der Waals surface area contributed by atoms with E-state index in [1.807, 2.05) is 42.5 Å². The van der Waals surface area contributed by atoms with Gasteiger partial charge in [0.15, 0.2) is 0 Å². The first-order valence-electron chi connectivity index (χ1n) is 10.2. The van der Waals surface area contributed by atoms with Crippen molar-refractivity contribution in [3.05, 3.63) is 60.2 Å². The third kappa shape index (κ3) is 5.05. The van der Waals surface area contributed by atoms with Gasteiger partial charge >= 0.3 is 0 Å². The molecule has 0 bridgehead atoms. The van der Waals surface area contributed by atoms with Crippen LogP contribution in [-0.4, -0.2) is 58.7 Å². The van der Waals surface area contributed by atoms with Crippen LogP contribution in [0.3, 0.4) is 0 Å². The van der Waals surface area contributed by atoms with Gasteiger partial charge in [-0.15, -0.1) is 5.10 Å². The average Bonchev–Trinajstić information content (AvgIpc) is 3.31. The number of hydrogen-bond acceptors (Lipinski definition) is 7. The molecule has 0 spiro atoms. The van der Waals surface area contributed by atoms with Crippen LogP contribution in [0.15, 0.2) is 59.8 Å². The maximum absolute atomic E-state index is 12.6. The number of amides is 1. The molecule has 162 valence electrons. The lowest BCUT2D eigenvalue weighted by molar-refractivity contribution is -0.119. The second kappa shape index (κ2) is 9.93. The minimum Gasteiger partial charge on any atom is -0.497 e. The van der Waals surface area contributed by atoms with Crippen molar-refractivity contribution in [3.63, 3.8) is 0 Å². The molecule has 1 saturated heterocycles. The van der Waals surface area contributed by atoms with E-state index in [0.29, 0.717) is 24.9 Å². The van der Waals surface area contributed by atoms with Crippen LogP contribution in [0.25, 0.3) is 5.69 Å². The Balaban J connectivity index is 1.37. The van der Waals surface area contributed by atoms with Crippen LogP contribution in [0.4, 0.5) is 0 Å². The number of nitrogens with one attached hydrogen (secondary N) is 1. The molecule has 9 heteroatoms. The summed E-state index contributed by atoms with van der Waals surface area (Å²) >= 11 is 1.31. The molecule has 1 aromatic heterocycles. The highest BCUT2D eigenvalue weighted by Crippen LogP contribution is 2.34. The summed E-state index contributed by atoms with van der Waals surface area (Å²) in [5.41, 5.74) is 1.96. The van der Waals surface area contributed by atoms with E-state index in [-0.39, 0.29) is 17.1 Å². The first-order valence-corrected chi connectivity index (χ1v) is 11.1. The number of ether oxygens (including phenoxy) is 2. The summed E-state index contributed by atoms with van der Waals surface area (Å²) in [7, 11) is 1.62. The van der Waals surface area contributed by atoms with Gasteiger partial charge in [0.2, 0.25) is 11.1 Å². The van der Waals surface area contributed by atoms with Crippen molar-refractivity contribution in [2.24, 2.45) is 0 Å². The molecule has 0 radical (unpaired) electrons. The van der Waals surface area contributed by atoms with E-state index in [4.69, 9.17) is 9.47 Å². The van der Waals surface area contributed by atoms with E-state index >= 15 is 0 Å². The molecular weight excluding hydrogens is 414 g/mol. The molecule has 1 fully saturated rings. The number of rotatable bonds is 8. The fourth-order valence-electron chi connectivity index (χ4n) is 3.72. The Morgan fingerprint density at radius 2 is 1.90 bits per heavy atom. The Bertz CT molecular complexity index is 988. The topological polar surface area (TPSA) is 91.2 Å². The maximum Gasteiger partial charge on any atom is 0.230 e. The van der Waals surface area contributed by atoms with Gasteiger partial charge in [-0.25, -0.2) is 0 Å². The third-order valence-corrected chi connectivity index (χ3v) is 6.47. The number of carbonyl (C=O) groups is 1. The molecule has 3 aromatic rings. The van der Waals surface area contributed by atoms with Crippen molar-refractivity contribution in [2.75, 3.05) is 32.6 Å². The number of methoxy groups -OCH3 is 1. The van der Waals surface area contributed by atoms with Gasteiger partial charge in [0.05, 0.1) is 18.6 Å². The SMILES string of the molecule is COc1ccc(-n2nnnc2SCC(=O)NCC2(c3ccccc3)CCOCC2)cc1. The van der Waals surface area contributed by atoms with Crippen LogP contribution < -0.4 is 10.1 Å². The first kappa shape index (κ1) is 21.3. The number of nitrogens with zero attached hydrogens (tertiary/aromatic N) is 4. The quantitative estimate of drug-likeness (QED) is 0.540. The summed E-state index contributed by atoms with van der Waals surface area (Å²) in [5, 5.41) is 15.5. The highest BCUT2D eigenvalue weighted by atomic mass is 32.2. The lowest BCUT2D eigenvalue weighted by atomic mass is 9.74. The number of benzene rings is 2. The molecule has 1 aliphatic rings. The molecule has 2 aromatic carbocycles. The normalized spacial score (nSPS) is 15.4. The van der Waals surface area contributed by atoms with Gasteiger partial charge in [-0.2, -0.15) is 4.68 Å². The predicted octanol–water partition coefficient (Wildman–Crippen LogP) is 2.63. The molecule has 0 unspecified atom stereocenters. The second-order valence-electron chi connectivity index (χ2n) is 7.40. The average molecular weight is 440 g/mol. The van der Waals surface area contributed by atoms with Gasteiger partial charge in [-0.05, 0) is 53.1 Å². The Labute approximate surface area is 185 Å². The van der Waals surface area contributed by atoms with E-state index in [0.717, 1.165) is 24.3 Å². The standard InChI is InChI=1S/C22H25N5O3S/c1-29-19-9-7-18(8-10-19)27-21(24-25-26-27)31-15-20(28)23-16-22(11-13-30-14-12-22)17-5-3-2-4-6-17/h2-10H,11-16H2,1H3,(H,23,28). The van der Waals surface area contributed by atoms with Gasteiger partial charge < -0.3 is 14.8 Å². The van der Waals surface area contributed by atoms with Crippen LogP contribution in [0, 0.1) is 0 Å². The number of carbonyl (C=O) groups excluding carboxylic acids is 1. The lowest BCUT2D eigenvalue weighted by Gasteiger charge is -2.38. The van der Waals surface area contributed by atoms with Crippen LogP contribution >= 0.6 is 11.8 Å². The monoisotopic (exact) mass is 439 g/mol. The Morgan fingerprint density at radius 3 is 2.61 bits per heavy atom. The lowest BCUT2D eigenvalue weighted by Crippen LogP contribution is -2.45. The van der Waals surface area contributed by atoms with Crippen LogP contribution in [0.5, 0.6) is 5.75 Å². The molecule has 8 nitrogen and oxygen atoms in total. The number of thioether (sulfide) groups is 1. The van der Waals surface area contributed by atoms with Crippen LogP contribution in [-0.2, 0) is 14.9 Å². The summed E-state index contributed by atoms with van der Waals surface area (Å²) in [6.45, 7) is 2.00. The highest BCUT2D eigenvalue weighted by Gasteiger charge is 2.34. The Hall–Kier alpha value is -2.91. The van der Waals surface area contributed by atoms with Gasteiger partial charge in [0.25, 0.3) is 0 Å². The zero-order valence-corrected chi connectivity index (χ0v) is 18.2. The molecule has 0 aliphatic carbocycles. The van der Waals surface area contributed by atoms with Crippen molar-refractivity contribution >= 4 is 17.7 Å². The van der Waals surface area contributed by atoms with Crippen molar-refractivity contribution in [1.29, 1.82) is 0 Å². The summed E-state index contributed by atoms with van der Waals surface area (Å²) in [5.74, 6) is 0.944. The van der Waals surface area contributed by atoms with Crippen molar-refractivity contribution in [2.45, 2.75) is 23.4 Å². The molecule has 2 heterocycles. The molecule has 0 saturated carbocycles. The molecule has 31 heavy (non-hydrogen) atoms. The number of aromatic nitrogens is 4. The van der Waals surface area contributed by atoms with E-state index in [1.165, 1.54) is 17.3 Å². The second-order valence-corrected chi connectivity index (χ2v) is 8.34. The summed E-state index contributed by atoms with van der Waals surface area (Å²) < 4.78 is 12.4. The van der Waals surface area contributed by atoms with E-state index < -0.39 is 0 Å². The van der Waals surface area contributed by atoms with Crippen molar-refractivity contribution in [3.8, 4) is 11.4 Å². The maximum atomic E-state index is 12.6. The Morgan fingerprint density at radius 1 is 1.16 bits per heavy atom. The smallest absolute Gasteiger partial charge is 0.230 e. The molecule has 1 aliphatic heterocycles. The zero-order valence-electron chi connectivity index (χ0n) is 17.4. The van der Waals surface area contributed by atoms with Crippen molar-refractivity contribution in [1.82, 2.24) is 25.5 Å². The number of tetrazole rings is 1. The van der Waals surface area contributed by atoms with Gasteiger partial charge in [0, 0.05) is 25.2 Å². The van der Waals surface area contributed by atoms with E-state index in [2.05, 4.69) is 33.0 Å². The molecule has 4 rings (SSSR count). The van der Waals surface area contributed by atoms with Gasteiger partial charge in [-0.3, -0.25) is 4.79 Å². The molecule has 1 N–H and O–H groups in total. The molecule has 1 amide bonds. The van der Waals surface area contributed by atoms with E-state index in [9.17, 15) is 4.79 Å². The summed E-state index contributed by atoms with van der Waals surface area (Å²) in [4.78, 5) is 12.6. The fraction of sp³-hybridized carbons (Fsp3) is 0.364. The van der Waals surface area contributed by atoms with Crippen molar-refractivity contribution < 1.29 is 14.3 Å². The summed E-state index contributed by atoms with van der Waals surface area (Å²) in [6.07, 6.45) is 1.78. The van der Waals surface area contributed by atoms with Crippen LogP contribution in [0.1, 0.15) is 18.4 Å². The minimum atomic E-state index is -0.0927. The predicted molar refractivity (Wildman–Crippen MR) is 118 cm³/mol. The number of hydrogen-bond donors (Lipinski definition) is 1. The first-order chi connectivity index (χ1) is 15.2. The Kier molecular flexibility index (Phi) is 6.83. The van der Waals surface area contributed by atoms with E-state index in [1.54, 1.807) is 11.8 Å². The largest absolute Gasteiger partial charge is 0.497 e. The van der Waals surface area contributed by atoms with Gasteiger partial charge in [0.1, 0.15) is 5.75 Å². The zero-order chi connectivity index (χ0) is 21.5. The summed E-state index contributed by atoms with van der Waals surface area (Å²) in [6, 6.07) is 17.8. The highest BCUT2D eigenvalue weighted by molar-refractivity contribution is 7.99. The van der Waals surface area contributed by atoms with Crippen LogP contribution in [0.2, 0.25) is 0 Å². The van der Waals surface area contributed by atoms with Gasteiger partial charge in [-0.1, -0.05) is 42.1 Å². The minimum absolute atomic E-state index is 0.0453. The molecule has 0 atom stereocenters.